The minimum Gasteiger partial charge on any atom is -0.462 e. The summed E-state index contributed by atoms with van der Waals surface area (Å²) in [4.78, 5) is 35.0. The molecular weight excluding hydrogens is 523 g/mol. The molecule has 184 valence electrons. The van der Waals surface area contributed by atoms with E-state index in [4.69, 9.17) is 14.2 Å². The Kier molecular flexibility index (Phi) is 14.9. The summed E-state index contributed by atoms with van der Waals surface area (Å²) in [6, 6.07) is 0. The summed E-state index contributed by atoms with van der Waals surface area (Å²) in [5, 5.41) is 0. The van der Waals surface area contributed by atoms with Gasteiger partial charge in [0.25, 0.3) is 0 Å². The minimum atomic E-state index is -0.346. The smallest absolute Gasteiger partial charge is 0.303 e. The number of carbonyl (C=O) groups is 3. The van der Waals surface area contributed by atoms with Crippen molar-refractivity contribution < 1.29 is 28.6 Å². The molecule has 0 unspecified atom stereocenters. The highest BCUT2D eigenvalue weighted by atomic mass is 127. The van der Waals surface area contributed by atoms with Gasteiger partial charge in [-0.3, -0.25) is 14.4 Å². The molecule has 1 fully saturated rings. The third kappa shape index (κ3) is 11.7. The summed E-state index contributed by atoms with van der Waals surface area (Å²) < 4.78 is 17.9. The van der Waals surface area contributed by atoms with E-state index in [1.54, 1.807) is 0 Å². The topological polar surface area (TPSA) is 78.9 Å². The van der Waals surface area contributed by atoms with E-state index in [1.165, 1.54) is 33.6 Å². The van der Waals surface area contributed by atoms with Gasteiger partial charge >= 0.3 is 17.9 Å². The average Bonchev–Trinajstić information content (AvgIpc) is 3.00. The van der Waals surface area contributed by atoms with Crippen LogP contribution in [0.4, 0.5) is 0 Å². The Bertz CT molecular complexity index is 605. The first-order valence-electron chi connectivity index (χ1n) is 12.0. The van der Waals surface area contributed by atoms with Gasteiger partial charge in [0, 0.05) is 39.0 Å². The van der Waals surface area contributed by atoms with Crippen LogP contribution in [0.1, 0.15) is 91.9 Å². The maximum atomic E-state index is 11.7. The van der Waals surface area contributed by atoms with E-state index in [0.29, 0.717) is 6.42 Å². The maximum absolute atomic E-state index is 11.7. The molecule has 0 saturated heterocycles. The van der Waals surface area contributed by atoms with Crippen LogP contribution in [0.25, 0.3) is 0 Å². The molecule has 1 aliphatic carbocycles. The van der Waals surface area contributed by atoms with Crippen molar-refractivity contribution in [3.05, 3.63) is 12.2 Å². The van der Waals surface area contributed by atoms with E-state index in [2.05, 4.69) is 29.5 Å². The van der Waals surface area contributed by atoms with Crippen LogP contribution in [-0.4, -0.2) is 40.6 Å². The van der Waals surface area contributed by atoms with Crippen LogP contribution >= 0.6 is 22.6 Å². The Balaban J connectivity index is 3.01. The molecule has 0 amide bonds. The molecule has 1 aliphatic rings. The molecule has 32 heavy (non-hydrogen) atoms. The van der Waals surface area contributed by atoms with Crippen molar-refractivity contribution in [2.75, 3.05) is 4.43 Å². The monoisotopic (exact) mass is 564 g/mol. The van der Waals surface area contributed by atoms with Gasteiger partial charge in [-0.05, 0) is 36.2 Å². The first-order chi connectivity index (χ1) is 15.3. The van der Waals surface area contributed by atoms with Crippen LogP contribution in [0, 0.1) is 11.8 Å². The average molecular weight is 565 g/mol. The largest absolute Gasteiger partial charge is 0.462 e. The molecule has 0 N–H and O–H groups in total. The summed E-state index contributed by atoms with van der Waals surface area (Å²) >= 11 is 2.40. The van der Waals surface area contributed by atoms with Crippen molar-refractivity contribution in [2.45, 2.75) is 110 Å². The zero-order chi connectivity index (χ0) is 23.9. The molecule has 0 aromatic rings. The zero-order valence-electron chi connectivity index (χ0n) is 20.1. The van der Waals surface area contributed by atoms with Crippen LogP contribution in [0.5, 0.6) is 0 Å². The van der Waals surface area contributed by atoms with Gasteiger partial charge in [0.1, 0.15) is 18.3 Å². The molecule has 0 heterocycles. The van der Waals surface area contributed by atoms with Crippen molar-refractivity contribution in [2.24, 2.45) is 11.8 Å². The van der Waals surface area contributed by atoms with Crippen molar-refractivity contribution in [3.8, 4) is 0 Å². The van der Waals surface area contributed by atoms with Gasteiger partial charge in [0.15, 0.2) is 0 Å². The Hall–Kier alpha value is -1.12. The van der Waals surface area contributed by atoms with E-state index in [0.717, 1.165) is 49.4 Å². The molecule has 1 rings (SSSR count). The van der Waals surface area contributed by atoms with Gasteiger partial charge in [0.2, 0.25) is 0 Å². The highest BCUT2D eigenvalue weighted by Crippen LogP contribution is 2.41. The number of hydrogen-bond acceptors (Lipinski definition) is 6. The predicted octanol–water partition coefficient (Wildman–Crippen LogP) is 5.94. The fourth-order valence-corrected chi connectivity index (χ4v) is 5.04. The van der Waals surface area contributed by atoms with Gasteiger partial charge < -0.3 is 14.2 Å². The number of esters is 3. The minimum absolute atomic E-state index is 0.0722. The lowest BCUT2D eigenvalue weighted by Crippen LogP contribution is -2.26. The lowest BCUT2D eigenvalue weighted by molar-refractivity contribution is -0.149. The van der Waals surface area contributed by atoms with Crippen molar-refractivity contribution >= 4 is 40.5 Å². The van der Waals surface area contributed by atoms with Crippen molar-refractivity contribution in [3.63, 3.8) is 0 Å². The van der Waals surface area contributed by atoms with Gasteiger partial charge in [-0.25, -0.2) is 0 Å². The summed E-state index contributed by atoms with van der Waals surface area (Å²) in [7, 11) is 0. The Morgan fingerprint density at radius 2 is 1.56 bits per heavy atom. The second kappa shape index (κ2) is 16.5. The van der Waals surface area contributed by atoms with Crippen LogP contribution in [-0.2, 0) is 28.6 Å². The summed E-state index contributed by atoms with van der Waals surface area (Å²) in [5.41, 5.74) is 0. The number of alkyl halides is 1. The summed E-state index contributed by atoms with van der Waals surface area (Å²) in [6.07, 6.45) is 13.0. The molecule has 6 nitrogen and oxygen atoms in total. The molecule has 0 spiro atoms. The van der Waals surface area contributed by atoms with Crippen LogP contribution in [0.15, 0.2) is 12.2 Å². The molecular formula is C25H41IO6. The first-order valence-corrected chi connectivity index (χ1v) is 13.6. The third-order valence-electron chi connectivity index (χ3n) is 5.88. The van der Waals surface area contributed by atoms with Crippen LogP contribution in [0.2, 0.25) is 0 Å². The highest BCUT2D eigenvalue weighted by Gasteiger charge is 2.45. The summed E-state index contributed by atoms with van der Waals surface area (Å²) in [6.45, 7) is 6.39. The molecule has 7 heteroatoms. The van der Waals surface area contributed by atoms with Crippen molar-refractivity contribution in [1.82, 2.24) is 0 Å². The van der Waals surface area contributed by atoms with Gasteiger partial charge in [-0.2, -0.15) is 0 Å². The Morgan fingerprint density at radius 1 is 0.906 bits per heavy atom. The normalized spacial score (nSPS) is 23.8. The molecule has 0 bridgehead atoms. The number of hydrogen-bond donors (Lipinski definition) is 0. The number of rotatable bonds is 15. The van der Waals surface area contributed by atoms with Gasteiger partial charge in [0.05, 0.1) is 0 Å². The highest BCUT2D eigenvalue weighted by molar-refractivity contribution is 14.1. The van der Waals surface area contributed by atoms with Gasteiger partial charge in [-0.15, -0.1) is 0 Å². The third-order valence-corrected chi connectivity index (χ3v) is 6.64. The first kappa shape index (κ1) is 28.9. The molecule has 0 aromatic carbocycles. The van der Waals surface area contributed by atoms with Crippen LogP contribution in [0.3, 0.4) is 0 Å². The Morgan fingerprint density at radius 3 is 2.16 bits per heavy atom. The van der Waals surface area contributed by atoms with E-state index < -0.39 is 0 Å². The molecule has 0 radical (unpaired) electrons. The SMILES string of the molecule is CCCCC[C@@H](/C=C/[C@@H]1[C@@H](CCCCCCI)[C@@H](OC(C)=O)C[C@H]1OC(C)=O)OC(C)=O. The lowest BCUT2D eigenvalue weighted by atomic mass is 9.87. The molecule has 0 aromatic heterocycles. The lowest BCUT2D eigenvalue weighted by Gasteiger charge is -2.24. The Labute approximate surface area is 207 Å². The maximum Gasteiger partial charge on any atom is 0.303 e. The zero-order valence-corrected chi connectivity index (χ0v) is 22.3. The number of halogens is 1. The van der Waals surface area contributed by atoms with E-state index in [-0.39, 0.29) is 48.1 Å². The van der Waals surface area contributed by atoms with E-state index >= 15 is 0 Å². The standard InChI is InChI=1S/C25H41IO6/c1-5-6-9-12-21(30-18(2)27)14-15-23-22(13-10-7-8-11-16-26)24(31-19(3)28)17-25(23)32-20(4)29/h14-15,21-25H,5-13,16-17H2,1-4H3/b15-14+/t21-,22+,23+,24-,25+/m0/s1. The van der Waals surface area contributed by atoms with E-state index in [9.17, 15) is 14.4 Å². The predicted molar refractivity (Wildman–Crippen MR) is 134 cm³/mol. The van der Waals surface area contributed by atoms with Crippen molar-refractivity contribution in [1.29, 1.82) is 0 Å². The van der Waals surface area contributed by atoms with E-state index in [1.807, 2.05) is 12.2 Å². The quantitative estimate of drug-likeness (QED) is 0.0612. The number of unbranched alkanes of at least 4 members (excludes halogenated alkanes) is 5. The molecule has 1 saturated carbocycles. The summed E-state index contributed by atoms with van der Waals surface area (Å²) in [5.74, 6) is -0.945. The molecule has 5 atom stereocenters. The number of carbonyl (C=O) groups excluding carboxylic acids is 3. The second-order valence-corrected chi connectivity index (χ2v) is 9.77. The molecule has 0 aliphatic heterocycles. The second-order valence-electron chi connectivity index (χ2n) is 8.69. The fourth-order valence-electron chi connectivity index (χ4n) is 4.50. The van der Waals surface area contributed by atoms with Gasteiger partial charge in [-0.1, -0.05) is 67.7 Å². The fraction of sp³-hybridized carbons (Fsp3) is 0.800. The van der Waals surface area contributed by atoms with Crippen LogP contribution < -0.4 is 0 Å². The number of ether oxygens (including phenoxy) is 3.